The zero-order valence-electron chi connectivity index (χ0n) is 21.5. The van der Waals surface area contributed by atoms with Crippen molar-refractivity contribution in [2.75, 3.05) is 29.3 Å². The Bertz CT molecular complexity index is 1530. The van der Waals surface area contributed by atoms with Crippen molar-refractivity contribution in [2.45, 2.75) is 13.3 Å². The van der Waals surface area contributed by atoms with Crippen molar-refractivity contribution in [3.63, 3.8) is 0 Å². The zero-order chi connectivity index (χ0) is 28.8. The van der Waals surface area contributed by atoms with E-state index in [1.807, 2.05) is 6.92 Å². The molecule has 3 aromatic rings. The van der Waals surface area contributed by atoms with Gasteiger partial charge in [0.05, 0.1) is 30.5 Å². The number of anilines is 3. The third kappa shape index (κ3) is 5.87. The zero-order valence-corrected chi connectivity index (χ0v) is 22.3. The second-order valence-corrected chi connectivity index (χ2v) is 8.89. The average molecular weight is 562 g/mol. The van der Waals surface area contributed by atoms with Crippen molar-refractivity contribution < 1.29 is 33.4 Å². The molecule has 0 aromatic heterocycles. The van der Waals surface area contributed by atoms with Gasteiger partial charge >= 0.3 is 11.9 Å². The van der Waals surface area contributed by atoms with Crippen LogP contribution in [0.25, 0.3) is 0 Å². The van der Waals surface area contributed by atoms with Gasteiger partial charge in [0.15, 0.2) is 0 Å². The Labute approximate surface area is 234 Å². The first-order chi connectivity index (χ1) is 19.2. The van der Waals surface area contributed by atoms with Gasteiger partial charge < -0.3 is 20.1 Å². The summed E-state index contributed by atoms with van der Waals surface area (Å²) in [4.78, 5) is 64.1. The number of nitrogens with zero attached hydrogens (tertiary/aromatic N) is 1. The molecule has 1 aliphatic rings. The van der Waals surface area contributed by atoms with Crippen LogP contribution in [0.1, 0.15) is 44.4 Å². The van der Waals surface area contributed by atoms with Crippen LogP contribution in [0.15, 0.2) is 83.5 Å². The van der Waals surface area contributed by atoms with Gasteiger partial charge in [0.1, 0.15) is 10.7 Å². The number of para-hydroxylation sites is 1. The topological polar surface area (TPSA) is 131 Å². The molecule has 0 aliphatic carbocycles. The molecule has 204 valence electrons. The van der Waals surface area contributed by atoms with E-state index in [1.165, 1.54) is 37.4 Å². The second kappa shape index (κ2) is 12.3. The summed E-state index contributed by atoms with van der Waals surface area (Å²) in [5, 5.41) is 5.17. The third-order valence-electron chi connectivity index (χ3n) is 5.79. The summed E-state index contributed by atoms with van der Waals surface area (Å²) in [6.45, 7) is 2.03. The predicted octanol–water partition coefficient (Wildman–Crippen LogP) is 4.73. The van der Waals surface area contributed by atoms with E-state index >= 15 is 0 Å². The van der Waals surface area contributed by atoms with Gasteiger partial charge in [0, 0.05) is 16.9 Å². The van der Waals surface area contributed by atoms with Crippen molar-refractivity contribution in [3.05, 3.63) is 100 Å². The van der Waals surface area contributed by atoms with E-state index in [0.29, 0.717) is 23.4 Å². The lowest BCUT2D eigenvalue weighted by molar-refractivity contribution is -0.120. The largest absolute Gasteiger partial charge is 0.465 e. The van der Waals surface area contributed by atoms with E-state index < -0.39 is 29.7 Å². The van der Waals surface area contributed by atoms with Gasteiger partial charge in [-0.15, -0.1) is 0 Å². The van der Waals surface area contributed by atoms with Gasteiger partial charge in [-0.2, -0.15) is 0 Å². The van der Waals surface area contributed by atoms with Crippen LogP contribution in [0, 0.1) is 0 Å². The molecule has 0 radical (unpaired) electrons. The average Bonchev–Trinajstić information content (AvgIpc) is 3.18. The predicted molar refractivity (Wildman–Crippen MR) is 148 cm³/mol. The fraction of sp³-hybridized carbons (Fsp3) is 0.138. The molecular weight excluding hydrogens is 538 g/mol. The minimum absolute atomic E-state index is 0.0416. The number of carbonyl (C=O) groups is 5. The summed E-state index contributed by atoms with van der Waals surface area (Å²) in [7, 11) is 1.28. The SMILES string of the molecule is CCCOC(=O)c1ccccc1N1C(=O)C(Cl)=C(Nc2cccc(C(=O)Nc3ccc(C(=O)OC)cc3)c2)C1=O. The van der Waals surface area contributed by atoms with Crippen LogP contribution >= 0.6 is 11.6 Å². The fourth-order valence-electron chi connectivity index (χ4n) is 3.84. The molecule has 0 saturated carbocycles. The number of benzene rings is 3. The second-order valence-electron chi connectivity index (χ2n) is 8.52. The van der Waals surface area contributed by atoms with Crippen molar-refractivity contribution in [1.82, 2.24) is 0 Å². The molecule has 0 unspecified atom stereocenters. The summed E-state index contributed by atoms with van der Waals surface area (Å²) in [5.41, 5.74) is 1.23. The lowest BCUT2D eigenvalue weighted by atomic mass is 10.1. The van der Waals surface area contributed by atoms with Gasteiger partial charge in [-0.25, -0.2) is 14.5 Å². The number of nitrogens with one attached hydrogen (secondary N) is 2. The molecule has 0 saturated heterocycles. The van der Waals surface area contributed by atoms with Crippen molar-refractivity contribution >= 4 is 58.3 Å². The Kier molecular flexibility index (Phi) is 8.60. The number of methoxy groups -OCH3 is 1. The lowest BCUT2D eigenvalue weighted by Gasteiger charge is -2.18. The summed E-state index contributed by atoms with van der Waals surface area (Å²) in [5.74, 6) is -3.21. The van der Waals surface area contributed by atoms with E-state index in [4.69, 9.17) is 16.3 Å². The van der Waals surface area contributed by atoms with Crippen molar-refractivity contribution in [1.29, 1.82) is 0 Å². The highest BCUT2D eigenvalue weighted by atomic mass is 35.5. The highest BCUT2D eigenvalue weighted by molar-refractivity contribution is 6.53. The summed E-state index contributed by atoms with van der Waals surface area (Å²) < 4.78 is 9.85. The summed E-state index contributed by atoms with van der Waals surface area (Å²) in [6, 6.07) is 18.5. The number of carbonyl (C=O) groups excluding carboxylic acids is 5. The Balaban J connectivity index is 1.52. The van der Waals surface area contributed by atoms with Crippen LogP contribution in [-0.4, -0.2) is 43.4 Å². The number of ether oxygens (including phenoxy) is 2. The Morgan fingerprint density at radius 1 is 0.850 bits per heavy atom. The monoisotopic (exact) mass is 561 g/mol. The van der Waals surface area contributed by atoms with E-state index in [-0.39, 0.29) is 34.2 Å². The maximum Gasteiger partial charge on any atom is 0.340 e. The van der Waals surface area contributed by atoms with Gasteiger partial charge in [0.2, 0.25) is 0 Å². The number of hydrogen-bond acceptors (Lipinski definition) is 8. The van der Waals surface area contributed by atoms with Crippen LogP contribution < -0.4 is 15.5 Å². The molecule has 11 heteroatoms. The molecule has 1 heterocycles. The first-order valence-electron chi connectivity index (χ1n) is 12.2. The molecule has 2 N–H and O–H groups in total. The third-order valence-corrected chi connectivity index (χ3v) is 6.14. The first-order valence-corrected chi connectivity index (χ1v) is 12.5. The number of rotatable bonds is 9. The van der Waals surface area contributed by atoms with Crippen LogP contribution in [-0.2, 0) is 19.1 Å². The van der Waals surface area contributed by atoms with Crippen LogP contribution in [0.3, 0.4) is 0 Å². The molecule has 40 heavy (non-hydrogen) atoms. The van der Waals surface area contributed by atoms with Crippen LogP contribution in [0.2, 0.25) is 0 Å². The molecule has 0 atom stereocenters. The minimum atomic E-state index is -0.811. The molecule has 4 rings (SSSR count). The van der Waals surface area contributed by atoms with Gasteiger partial charge in [-0.05, 0) is 61.0 Å². The van der Waals surface area contributed by atoms with E-state index in [1.54, 1.807) is 42.5 Å². The Morgan fingerprint density at radius 3 is 2.27 bits per heavy atom. The quantitative estimate of drug-likeness (QED) is 0.283. The smallest absolute Gasteiger partial charge is 0.340 e. The molecule has 0 fully saturated rings. The standard InChI is InChI=1S/C29H24ClN3O7/c1-3-15-40-29(38)21-9-4-5-10-22(21)33-26(35)23(30)24(27(33)36)31-20-8-6-7-18(16-20)25(34)32-19-13-11-17(12-14-19)28(37)39-2/h4-14,16,31H,3,15H2,1-2H3,(H,32,34). The maximum absolute atomic E-state index is 13.3. The van der Waals surface area contributed by atoms with Crippen LogP contribution in [0.5, 0.6) is 0 Å². The van der Waals surface area contributed by atoms with Crippen molar-refractivity contribution in [3.8, 4) is 0 Å². The number of esters is 2. The number of imide groups is 1. The first kappa shape index (κ1) is 28.1. The molecule has 1 aliphatic heterocycles. The highest BCUT2D eigenvalue weighted by Crippen LogP contribution is 2.32. The highest BCUT2D eigenvalue weighted by Gasteiger charge is 2.40. The van der Waals surface area contributed by atoms with Gasteiger partial charge in [-0.3, -0.25) is 14.4 Å². The lowest BCUT2D eigenvalue weighted by Crippen LogP contribution is -2.33. The Morgan fingerprint density at radius 2 is 1.57 bits per heavy atom. The molecule has 10 nitrogen and oxygen atoms in total. The number of hydrogen-bond donors (Lipinski definition) is 2. The summed E-state index contributed by atoms with van der Waals surface area (Å²) in [6.07, 6.45) is 0.607. The molecule has 0 bridgehead atoms. The molecular formula is C29H24ClN3O7. The van der Waals surface area contributed by atoms with E-state index in [2.05, 4.69) is 15.4 Å². The molecule has 3 aromatic carbocycles. The minimum Gasteiger partial charge on any atom is -0.465 e. The Hall–Kier alpha value is -4.96. The van der Waals surface area contributed by atoms with E-state index in [9.17, 15) is 24.0 Å². The fourth-order valence-corrected chi connectivity index (χ4v) is 4.05. The van der Waals surface area contributed by atoms with Crippen LogP contribution in [0.4, 0.5) is 17.1 Å². The van der Waals surface area contributed by atoms with E-state index in [0.717, 1.165) is 4.90 Å². The molecule has 3 amide bonds. The summed E-state index contributed by atoms with van der Waals surface area (Å²) >= 11 is 6.27. The normalized spacial score (nSPS) is 12.8. The van der Waals surface area contributed by atoms with Gasteiger partial charge in [0.25, 0.3) is 17.7 Å². The van der Waals surface area contributed by atoms with Crippen molar-refractivity contribution in [2.24, 2.45) is 0 Å². The maximum atomic E-state index is 13.3. The molecule has 0 spiro atoms. The van der Waals surface area contributed by atoms with Gasteiger partial charge in [-0.1, -0.05) is 36.7 Å². The number of amides is 3. The number of halogens is 1.